The van der Waals surface area contributed by atoms with E-state index < -0.39 is 12.3 Å². The number of nitrogens with zero attached hydrogens (tertiary/aromatic N) is 2. The SMILES string of the molecule is CCNc1cc(O[C@H](c2ccc(Cl)cc2-c2ccccc2)C(F)(F)F)nc(N)n1. The zero-order chi connectivity index (χ0) is 21.0. The minimum absolute atomic E-state index is 0.0877. The van der Waals surface area contributed by atoms with Crippen molar-refractivity contribution >= 4 is 23.4 Å². The Morgan fingerprint density at radius 1 is 1.10 bits per heavy atom. The minimum atomic E-state index is -4.71. The maximum atomic E-state index is 14.0. The van der Waals surface area contributed by atoms with Gasteiger partial charge >= 0.3 is 6.18 Å². The van der Waals surface area contributed by atoms with Gasteiger partial charge in [-0.3, -0.25) is 0 Å². The van der Waals surface area contributed by atoms with Crippen LogP contribution in [0.25, 0.3) is 11.1 Å². The summed E-state index contributed by atoms with van der Waals surface area (Å²) in [4.78, 5) is 7.71. The lowest BCUT2D eigenvalue weighted by molar-refractivity contribution is -0.198. The quantitative estimate of drug-likeness (QED) is 0.549. The summed E-state index contributed by atoms with van der Waals surface area (Å²) in [7, 11) is 0. The summed E-state index contributed by atoms with van der Waals surface area (Å²) in [6, 6.07) is 14.1. The van der Waals surface area contributed by atoms with Crippen molar-refractivity contribution in [2.75, 3.05) is 17.6 Å². The third-order valence-corrected chi connectivity index (χ3v) is 4.23. The minimum Gasteiger partial charge on any atom is -0.459 e. The number of hydrogen-bond donors (Lipinski definition) is 2. The summed E-state index contributed by atoms with van der Waals surface area (Å²) in [5.41, 5.74) is 6.42. The largest absolute Gasteiger partial charge is 0.459 e. The second-order valence-electron chi connectivity index (χ2n) is 6.12. The highest BCUT2D eigenvalue weighted by molar-refractivity contribution is 6.30. The molecule has 1 heterocycles. The molecule has 29 heavy (non-hydrogen) atoms. The Morgan fingerprint density at radius 2 is 1.83 bits per heavy atom. The number of nitrogens with one attached hydrogen (secondary N) is 1. The molecule has 0 fully saturated rings. The van der Waals surface area contributed by atoms with Crippen molar-refractivity contribution in [3.05, 3.63) is 65.2 Å². The van der Waals surface area contributed by atoms with E-state index in [0.717, 1.165) is 0 Å². The fourth-order valence-electron chi connectivity index (χ4n) is 2.83. The van der Waals surface area contributed by atoms with Crippen LogP contribution >= 0.6 is 11.6 Å². The molecule has 0 spiro atoms. The fraction of sp³-hybridized carbons (Fsp3) is 0.200. The fourth-order valence-corrected chi connectivity index (χ4v) is 3.00. The van der Waals surface area contributed by atoms with Crippen LogP contribution < -0.4 is 15.8 Å². The zero-order valence-electron chi connectivity index (χ0n) is 15.4. The summed E-state index contributed by atoms with van der Waals surface area (Å²) in [5, 5.41) is 3.19. The van der Waals surface area contributed by atoms with Crippen LogP contribution in [0.5, 0.6) is 5.88 Å². The van der Waals surface area contributed by atoms with Gasteiger partial charge < -0.3 is 15.8 Å². The second-order valence-corrected chi connectivity index (χ2v) is 6.55. The predicted octanol–water partition coefficient (Wildman–Crippen LogP) is 5.49. The smallest absolute Gasteiger partial charge is 0.429 e. The Hall–Kier alpha value is -3.00. The van der Waals surface area contributed by atoms with E-state index in [9.17, 15) is 13.2 Å². The number of nitrogen functional groups attached to an aromatic ring is 1. The molecule has 0 bridgehead atoms. The number of hydrogen-bond acceptors (Lipinski definition) is 5. The summed E-state index contributed by atoms with van der Waals surface area (Å²) in [6.45, 7) is 2.32. The lowest BCUT2D eigenvalue weighted by Gasteiger charge is -2.24. The van der Waals surface area contributed by atoms with E-state index in [-0.39, 0.29) is 23.2 Å². The maximum Gasteiger partial charge on any atom is 0.429 e. The van der Waals surface area contributed by atoms with Crippen molar-refractivity contribution in [1.29, 1.82) is 0 Å². The molecule has 9 heteroatoms. The number of halogens is 4. The van der Waals surface area contributed by atoms with E-state index in [1.807, 2.05) is 6.92 Å². The Kier molecular flexibility index (Phi) is 6.12. The van der Waals surface area contributed by atoms with Gasteiger partial charge in [0.2, 0.25) is 17.9 Å². The Balaban J connectivity index is 2.08. The standard InChI is InChI=1S/C20H18ClF3N4O/c1-2-26-16-11-17(28-19(25)27-16)29-18(20(22,23)24)14-9-8-13(21)10-15(14)12-6-4-3-5-7-12/h3-11,18H,2H2,1H3,(H3,25,26,27,28)/t18-/m1/s1. The van der Waals surface area contributed by atoms with E-state index in [0.29, 0.717) is 22.7 Å². The summed E-state index contributed by atoms with van der Waals surface area (Å²) in [6.07, 6.45) is -6.99. The van der Waals surface area contributed by atoms with E-state index >= 15 is 0 Å². The molecule has 0 aliphatic rings. The lowest BCUT2D eigenvalue weighted by Crippen LogP contribution is -2.27. The summed E-state index contributed by atoms with van der Waals surface area (Å²) in [5.74, 6) is -0.209. The molecule has 0 aliphatic heterocycles. The first-order valence-corrected chi connectivity index (χ1v) is 9.12. The van der Waals surface area contributed by atoms with Gasteiger partial charge in [0.15, 0.2) is 0 Å². The lowest BCUT2D eigenvalue weighted by atomic mass is 9.96. The molecule has 5 nitrogen and oxygen atoms in total. The highest BCUT2D eigenvalue weighted by Crippen LogP contribution is 2.41. The van der Waals surface area contributed by atoms with Crippen molar-refractivity contribution in [3.63, 3.8) is 0 Å². The molecule has 152 valence electrons. The molecule has 0 amide bonds. The molecule has 0 aliphatic carbocycles. The first-order valence-electron chi connectivity index (χ1n) is 8.74. The van der Waals surface area contributed by atoms with Crippen molar-refractivity contribution < 1.29 is 17.9 Å². The van der Waals surface area contributed by atoms with Gasteiger partial charge in [0.25, 0.3) is 0 Å². The summed E-state index contributed by atoms with van der Waals surface area (Å²) >= 11 is 6.05. The van der Waals surface area contributed by atoms with Crippen molar-refractivity contribution in [2.45, 2.75) is 19.2 Å². The summed E-state index contributed by atoms with van der Waals surface area (Å²) < 4.78 is 47.3. The third-order valence-electron chi connectivity index (χ3n) is 4.00. The molecule has 3 N–H and O–H groups in total. The number of anilines is 2. The van der Waals surface area contributed by atoms with Gasteiger partial charge in [0, 0.05) is 23.2 Å². The van der Waals surface area contributed by atoms with Gasteiger partial charge in [0.1, 0.15) is 5.82 Å². The van der Waals surface area contributed by atoms with Gasteiger partial charge in [0.05, 0.1) is 0 Å². The number of aromatic nitrogens is 2. The first kappa shape index (κ1) is 20.7. The number of ether oxygens (including phenoxy) is 1. The average Bonchev–Trinajstić information content (AvgIpc) is 2.66. The van der Waals surface area contributed by atoms with Crippen LogP contribution in [0.15, 0.2) is 54.6 Å². The van der Waals surface area contributed by atoms with Gasteiger partial charge in [-0.1, -0.05) is 48.0 Å². The number of benzene rings is 2. The van der Waals surface area contributed by atoms with Crippen molar-refractivity contribution in [3.8, 4) is 17.0 Å². The molecule has 0 radical (unpaired) electrons. The molecule has 1 aromatic heterocycles. The molecule has 0 unspecified atom stereocenters. The molecule has 3 aromatic rings. The molecular formula is C20H18ClF3N4O. The van der Waals surface area contributed by atoms with Crippen LogP contribution in [0.4, 0.5) is 24.9 Å². The molecular weight excluding hydrogens is 405 g/mol. The first-order chi connectivity index (χ1) is 13.8. The van der Waals surface area contributed by atoms with E-state index in [2.05, 4.69) is 15.3 Å². The Labute approximate surface area is 170 Å². The van der Waals surface area contributed by atoms with Crippen LogP contribution in [0.1, 0.15) is 18.6 Å². The Morgan fingerprint density at radius 3 is 2.48 bits per heavy atom. The van der Waals surface area contributed by atoms with Crippen LogP contribution in [0.2, 0.25) is 5.02 Å². The topological polar surface area (TPSA) is 73.1 Å². The van der Waals surface area contributed by atoms with Crippen LogP contribution in [0.3, 0.4) is 0 Å². The van der Waals surface area contributed by atoms with Gasteiger partial charge in [-0.2, -0.15) is 23.1 Å². The monoisotopic (exact) mass is 422 g/mol. The van der Waals surface area contributed by atoms with Gasteiger partial charge in [-0.25, -0.2) is 0 Å². The molecule has 0 saturated carbocycles. The van der Waals surface area contributed by atoms with Crippen molar-refractivity contribution in [2.24, 2.45) is 0 Å². The molecule has 0 saturated heterocycles. The highest BCUT2D eigenvalue weighted by Gasteiger charge is 2.44. The Bertz CT molecular complexity index is 983. The second kappa shape index (κ2) is 8.57. The number of alkyl halides is 3. The zero-order valence-corrected chi connectivity index (χ0v) is 16.1. The predicted molar refractivity (Wildman–Crippen MR) is 107 cm³/mol. The number of nitrogens with two attached hydrogens (primary N) is 1. The molecule has 3 rings (SSSR count). The van der Waals surface area contributed by atoms with Crippen molar-refractivity contribution in [1.82, 2.24) is 9.97 Å². The van der Waals surface area contributed by atoms with Crippen LogP contribution in [0, 0.1) is 0 Å². The average molecular weight is 423 g/mol. The van der Waals surface area contributed by atoms with Gasteiger partial charge in [-0.15, -0.1) is 0 Å². The molecule has 1 atom stereocenters. The van der Waals surface area contributed by atoms with E-state index in [1.165, 1.54) is 24.3 Å². The maximum absolute atomic E-state index is 14.0. The van der Waals surface area contributed by atoms with Crippen LogP contribution in [-0.4, -0.2) is 22.7 Å². The third kappa shape index (κ3) is 5.08. The highest BCUT2D eigenvalue weighted by atomic mass is 35.5. The van der Waals surface area contributed by atoms with Crippen LogP contribution in [-0.2, 0) is 0 Å². The van der Waals surface area contributed by atoms with E-state index in [4.69, 9.17) is 22.1 Å². The van der Waals surface area contributed by atoms with E-state index in [1.54, 1.807) is 30.3 Å². The normalized spacial score (nSPS) is 12.4. The van der Waals surface area contributed by atoms with Gasteiger partial charge in [-0.05, 0) is 30.2 Å². The number of rotatable bonds is 6. The molecule has 2 aromatic carbocycles.